The summed E-state index contributed by atoms with van der Waals surface area (Å²) in [4.78, 5) is 12.2. The van der Waals surface area contributed by atoms with Crippen molar-refractivity contribution in [1.82, 2.24) is 26.1 Å². The molecule has 4 heterocycles. The quantitative estimate of drug-likeness (QED) is 0.238. The van der Waals surface area contributed by atoms with Crippen LogP contribution in [-0.4, -0.2) is 48.3 Å². The molecule has 0 aromatic rings. The number of nitrogens with zero attached hydrogens (tertiary/aromatic N) is 2. The van der Waals surface area contributed by atoms with Crippen LogP contribution < -0.4 is 21.9 Å². The predicted octanol–water partition coefficient (Wildman–Crippen LogP) is 1.45. The van der Waals surface area contributed by atoms with Crippen molar-refractivity contribution in [2.75, 3.05) is 26.2 Å². The van der Waals surface area contributed by atoms with E-state index in [-0.39, 0.29) is 5.57 Å². The van der Waals surface area contributed by atoms with Crippen molar-refractivity contribution in [3.63, 3.8) is 0 Å². The van der Waals surface area contributed by atoms with Crippen molar-refractivity contribution < 1.29 is 18.0 Å². The third kappa shape index (κ3) is 3.38. The molecule has 0 aromatic carbocycles. The molecular weight excluding hydrogens is 385 g/mol. The Morgan fingerprint density at radius 2 is 1.79 bits per heavy atom. The number of allylic oxidation sites excluding steroid dienone is 1. The zero-order valence-corrected chi connectivity index (χ0v) is 16.6. The molecule has 2 unspecified atom stereocenters. The number of piperidine rings is 1. The first-order valence-corrected chi connectivity index (χ1v) is 10.0. The Labute approximate surface area is 167 Å². The van der Waals surface area contributed by atoms with E-state index in [4.69, 9.17) is 5.84 Å². The Morgan fingerprint density at radius 1 is 1.14 bits per heavy atom. The molecular formula is C19H27F3N6O. The van der Waals surface area contributed by atoms with Crippen LogP contribution in [0.15, 0.2) is 33.9 Å². The molecule has 0 saturated carbocycles. The van der Waals surface area contributed by atoms with E-state index in [9.17, 15) is 18.0 Å². The number of nitrogens with two attached hydrogens (primary N) is 1. The van der Waals surface area contributed by atoms with Crippen LogP contribution in [0.3, 0.4) is 0 Å². The fourth-order valence-electron chi connectivity index (χ4n) is 5.08. The molecule has 4 aliphatic heterocycles. The lowest BCUT2D eigenvalue weighted by atomic mass is 9.90. The minimum Gasteiger partial charge on any atom is -0.383 e. The highest BCUT2D eigenvalue weighted by atomic mass is 19.4. The van der Waals surface area contributed by atoms with Gasteiger partial charge in [-0.05, 0) is 24.7 Å². The van der Waals surface area contributed by atoms with Crippen molar-refractivity contribution in [2.24, 2.45) is 17.7 Å². The summed E-state index contributed by atoms with van der Waals surface area (Å²) in [5.41, 5.74) is 2.07. The zero-order chi connectivity index (χ0) is 20.9. The molecule has 1 amide bonds. The van der Waals surface area contributed by atoms with E-state index in [1.165, 1.54) is 0 Å². The van der Waals surface area contributed by atoms with Crippen LogP contribution in [0.2, 0.25) is 0 Å². The van der Waals surface area contributed by atoms with E-state index in [2.05, 4.69) is 34.5 Å². The largest absolute Gasteiger partial charge is 0.422 e. The summed E-state index contributed by atoms with van der Waals surface area (Å²) in [5, 5.41) is 10.7. The van der Waals surface area contributed by atoms with Gasteiger partial charge in [0, 0.05) is 43.7 Å². The summed E-state index contributed by atoms with van der Waals surface area (Å²) in [6.45, 7) is 7.14. The van der Waals surface area contributed by atoms with Crippen LogP contribution in [-0.2, 0) is 4.79 Å². The lowest BCUT2D eigenvalue weighted by Gasteiger charge is -2.46. The molecule has 4 rings (SSSR count). The molecule has 0 bridgehead atoms. The van der Waals surface area contributed by atoms with Crippen LogP contribution in [0.25, 0.3) is 0 Å². The molecule has 0 aliphatic carbocycles. The molecule has 10 heteroatoms. The number of carbonyl (C=O) groups is 1. The first kappa shape index (κ1) is 20.1. The maximum Gasteiger partial charge on any atom is 0.422 e. The van der Waals surface area contributed by atoms with Crippen molar-refractivity contribution in [1.29, 1.82) is 0 Å². The second-order valence-electron chi connectivity index (χ2n) is 8.35. The van der Waals surface area contributed by atoms with Gasteiger partial charge in [-0.25, -0.2) is 10.9 Å². The third-order valence-corrected chi connectivity index (χ3v) is 5.95. The number of alkyl halides is 3. The number of hydrogen-bond acceptors (Lipinski definition) is 6. The van der Waals surface area contributed by atoms with Gasteiger partial charge in [0.05, 0.1) is 11.4 Å². The minimum atomic E-state index is -4.82. The lowest BCUT2D eigenvalue weighted by Crippen LogP contribution is -2.52. The van der Waals surface area contributed by atoms with Gasteiger partial charge in [-0.15, -0.1) is 0 Å². The Hall–Kier alpha value is -2.20. The zero-order valence-electron chi connectivity index (χ0n) is 16.6. The molecule has 4 aliphatic rings. The Bertz CT molecular complexity index is 771. The number of amides is 1. The number of rotatable bonds is 2. The Balaban J connectivity index is 1.88. The van der Waals surface area contributed by atoms with Gasteiger partial charge in [-0.1, -0.05) is 13.8 Å². The van der Waals surface area contributed by atoms with Crippen molar-refractivity contribution in [3.8, 4) is 0 Å². The first-order valence-electron chi connectivity index (χ1n) is 10.0. The molecule has 1 saturated heterocycles. The van der Waals surface area contributed by atoms with E-state index < -0.39 is 17.7 Å². The molecule has 0 radical (unpaired) electrons. The second kappa shape index (κ2) is 7.24. The Morgan fingerprint density at radius 3 is 2.41 bits per heavy atom. The molecule has 29 heavy (non-hydrogen) atoms. The van der Waals surface area contributed by atoms with Gasteiger partial charge in [-0.2, -0.15) is 13.2 Å². The van der Waals surface area contributed by atoms with Crippen LogP contribution >= 0.6 is 0 Å². The average molecular weight is 412 g/mol. The van der Waals surface area contributed by atoms with Crippen molar-refractivity contribution in [2.45, 2.75) is 39.3 Å². The molecule has 0 aromatic heterocycles. The topological polar surface area (TPSA) is 85.7 Å². The first-order chi connectivity index (χ1) is 13.7. The fraction of sp³-hybridized carbons (Fsp3) is 0.632. The summed E-state index contributed by atoms with van der Waals surface area (Å²) in [6.07, 6.45) is -2.69. The van der Waals surface area contributed by atoms with E-state index in [1.54, 1.807) is 5.43 Å². The standard InChI is InChI=1S/C19H27F3N6O/c1-10-7-11(2)9-27(8-10)28-13-4-6-24-16(13)14(12-3-5-25-17(12)28)15(18(29)26-23)19(20,21)22/h10-11,24-25H,3-9,23H2,1-2H3,(H,26,29)/b15-14-. The van der Waals surface area contributed by atoms with Crippen LogP contribution in [0.5, 0.6) is 0 Å². The minimum absolute atomic E-state index is 0.0673. The molecule has 2 atom stereocenters. The van der Waals surface area contributed by atoms with Gasteiger partial charge in [-0.3, -0.25) is 15.2 Å². The molecule has 7 nitrogen and oxygen atoms in total. The average Bonchev–Trinajstić information content (AvgIpc) is 3.28. The van der Waals surface area contributed by atoms with E-state index in [0.29, 0.717) is 54.9 Å². The SMILES string of the molecule is CC1CC(C)CN(N2C3=C(NCC3)/C(=C(/C(=O)NN)C(F)(F)F)C3=C2NCC3)C1. The maximum atomic E-state index is 13.9. The smallest absolute Gasteiger partial charge is 0.383 e. The van der Waals surface area contributed by atoms with E-state index >= 15 is 0 Å². The van der Waals surface area contributed by atoms with E-state index in [0.717, 1.165) is 25.2 Å². The molecule has 0 spiro atoms. The molecule has 160 valence electrons. The van der Waals surface area contributed by atoms with Crippen molar-refractivity contribution >= 4 is 5.91 Å². The van der Waals surface area contributed by atoms with Crippen molar-refractivity contribution in [3.05, 3.63) is 33.9 Å². The van der Waals surface area contributed by atoms with Gasteiger partial charge >= 0.3 is 6.18 Å². The van der Waals surface area contributed by atoms with Gasteiger partial charge in [0.1, 0.15) is 11.4 Å². The molecule has 5 N–H and O–H groups in total. The summed E-state index contributed by atoms with van der Waals surface area (Å²) in [5.74, 6) is 5.44. The van der Waals surface area contributed by atoms with Gasteiger partial charge < -0.3 is 10.6 Å². The highest BCUT2D eigenvalue weighted by Gasteiger charge is 2.48. The summed E-state index contributed by atoms with van der Waals surface area (Å²) in [6, 6.07) is 0. The van der Waals surface area contributed by atoms with Gasteiger partial charge in [0.15, 0.2) is 0 Å². The van der Waals surface area contributed by atoms with Crippen LogP contribution in [0, 0.1) is 11.8 Å². The monoisotopic (exact) mass is 412 g/mol. The number of carbonyl (C=O) groups excluding carboxylic acids is 1. The highest BCUT2D eigenvalue weighted by molar-refractivity contribution is 5.97. The molecule has 1 fully saturated rings. The Kier molecular flexibility index (Phi) is 5.02. The number of hydrogen-bond donors (Lipinski definition) is 4. The summed E-state index contributed by atoms with van der Waals surface area (Å²) in [7, 11) is 0. The fourth-order valence-corrected chi connectivity index (χ4v) is 5.08. The van der Waals surface area contributed by atoms with E-state index in [1.807, 2.05) is 0 Å². The number of halogens is 3. The number of hydrazine groups is 2. The van der Waals surface area contributed by atoms with Gasteiger partial charge in [0.25, 0.3) is 5.91 Å². The summed E-state index contributed by atoms with van der Waals surface area (Å²) < 4.78 is 41.8. The van der Waals surface area contributed by atoms with Crippen LogP contribution in [0.4, 0.5) is 13.2 Å². The lowest BCUT2D eigenvalue weighted by molar-refractivity contribution is -0.131. The maximum absolute atomic E-state index is 13.9. The van der Waals surface area contributed by atoms with Crippen LogP contribution in [0.1, 0.15) is 33.1 Å². The predicted molar refractivity (Wildman–Crippen MR) is 101 cm³/mol. The normalized spacial score (nSPS) is 29.4. The third-order valence-electron chi connectivity index (χ3n) is 5.95. The highest BCUT2D eigenvalue weighted by Crippen LogP contribution is 2.45. The number of nitrogens with one attached hydrogen (secondary N) is 3. The summed E-state index contributed by atoms with van der Waals surface area (Å²) >= 11 is 0. The second-order valence-corrected chi connectivity index (χ2v) is 8.35. The van der Waals surface area contributed by atoms with Gasteiger partial charge in [0.2, 0.25) is 0 Å².